The molecular weight excluding hydrogens is 552 g/mol. The van der Waals surface area contributed by atoms with E-state index in [2.05, 4.69) is 16.2 Å². The van der Waals surface area contributed by atoms with Gasteiger partial charge in [-0.3, -0.25) is 0 Å². The highest BCUT2D eigenvalue weighted by molar-refractivity contribution is 7.89. The second-order valence-corrected chi connectivity index (χ2v) is 12.8. The van der Waals surface area contributed by atoms with Crippen LogP contribution in [0, 0.1) is 11.2 Å². The Morgan fingerprint density at radius 3 is 2.63 bits per heavy atom. The Kier molecular flexibility index (Phi) is 7.66. The van der Waals surface area contributed by atoms with Crippen LogP contribution < -0.4 is 4.90 Å². The number of anilines is 1. The molecular formula is C29H33F2N5O4S. The van der Waals surface area contributed by atoms with Gasteiger partial charge in [0.1, 0.15) is 22.7 Å². The fourth-order valence-electron chi connectivity index (χ4n) is 6.01. The summed E-state index contributed by atoms with van der Waals surface area (Å²) in [7, 11) is -2.23. The van der Waals surface area contributed by atoms with E-state index in [1.54, 1.807) is 42.3 Å². The number of halogens is 2. The first-order valence-corrected chi connectivity index (χ1v) is 15.2. The number of hydrogen-bond acceptors (Lipinski definition) is 7. The van der Waals surface area contributed by atoms with E-state index in [1.807, 2.05) is 4.90 Å². The van der Waals surface area contributed by atoms with Gasteiger partial charge in [0.2, 0.25) is 10.0 Å². The number of alkyl halides is 1. The van der Waals surface area contributed by atoms with E-state index in [1.165, 1.54) is 22.6 Å². The van der Waals surface area contributed by atoms with Crippen LogP contribution in [0.3, 0.4) is 0 Å². The molecule has 0 saturated carbocycles. The predicted octanol–water partition coefficient (Wildman–Crippen LogP) is 3.64. The minimum atomic E-state index is -3.84. The number of pyridine rings is 1. The number of ether oxygens (including phenoxy) is 2. The first-order chi connectivity index (χ1) is 19.8. The summed E-state index contributed by atoms with van der Waals surface area (Å²) in [6, 6.07) is 9.39. The van der Waals surface area contributed by atoms with Gasteiger partial charge < -0.3 is 14.4 Å². The Balaban J connectivity index is 1.28. The first-order valence-electron chi connectivity index (χ1n) is 13.7. The lowest BCUT2D eigenvalue weighted by molar-refractivity contribution is 0.0147. The van der Waals surface area contributed by atoms with Gasteiger partial charge >= 0.3 is 0 Å². The lowest BCUT2D eigenvalue weighted by Gasteiger charge is -2.45. The first kappa shape index (κ1) is 28.0. The summed E-state index contributed by atoms with van der Waals surface area (Å²) in [4.78, 5) is 6.30. The van der Waals surface area contributed by atoms with Gasteiger partial charge in [0.25, 0.3) is 0 Å². The molecule has 41 heavy (non-hydrogen) atoms. The average Bonchev–Trinajstić information content (AvgIpc) is 3.60. The third kappa shape index (κ3) is 5.41. The van der Waals surface area contributed by atoms with Crippen molar-refractivity contribution in [1.82, 2.24) is 19.1 Å². The Morgan fingerprint density at radius 2 is 1.93 bits per heavy atom. The van der Waals surface area contributed by atoms with Crippen molar-refractivity contribution >= 4 is 21.9 Å². The van der Waals surface area contributed by atoms with Crippen LogP contribution in [-0.2, 0) is 25.9 Å². The quantitative estimate of drug-likeness (QED) is 0.355. The molecule has 12 heteroatoms. The summed E-state index contributed by atoms with van der Waals surface area (Å²) in [5, 5.41) is 4.58. The Bertz CT molecular complexity index is 1530. The number of benzene rings is 1. The van der Waals surface area contributed by atoms with Crippen LogP contribution in [0.5, 0.6) is 0 Å². The lowest BCUT2D eigenvalue weighted by Crippen LogP contribution is -2.51. The average molecular weight is 586 g/mol. The highest BCUT2D eigenvalue weighted by Crippen LogP contribution is 2.45. The van der Waals surface area contributed by atoms with E-state index in [9.17, 15) is 17.2 Å². The zero-order valence-corrected chi connectivity index (χ0v) is 23.7. The van der Waals surface area contributed by atoms with Crippen LogP contribution in [0.2, 0.25) is 0 Å². The van der Waals surface area contributed by atoms with Crippen molar-refractivity contribution in [2.45, 2.75) is 30.3 Å². The summed E-state index contributed by atoms with van der Waals surface area (Å²) >= 11 is 0. The molecule has 2 atom stereocenters. The molecule has 1 aromatic carbocycles. The number of hydrogen-bond donors (Lipinski definition) is 0. The molecule has 2 aromatic heterocycles. The number of nitrogens with zero attached hydrogens (tertiary/aromatic N) is 5. The lowest BCUT2D eigenvalue weighted by atomic mass is 9.69. The normalized spacial score (nSPS) is 22.9. The molecule has 2 unspecified atom stereocenters. The monoisotopic (exact) mass is 585 g/mol. The summed E-state index contributed by atoms with van der Waals surface area (Å²) in [5.74, 6) is 0.261. The van der Waals surface area contributed by atoms with E-state index in [4.69, 9.17) is 9.47 Å². The van der Waals surface area contributed by atoms with Crippen molar-refractivity contribution in [3.05, 3.63) is 71.4 Å². The zero-order valence-electron chi connectivity index (χ0n) is 22.9. The SMILES string of the molecule is COCCOCC12Cc3cnn(-c4ccc(F)cc4)c3C=C1CCN(S(=O)(=O)c1ccc(N3CCC(F)C3)nc1)C2. The van der Waals surface area contributed by atoms with Gasteiger partial charge in [-0.2, -0.15) is 9.40 Å². The number of methoxy groups -OCH3 is 1. The van der Waals surface area contributed by atoms with Crippen LogP contribution in [0.15, 0.2) is 59.3 Å². The molecule has 2 saturated heterocycles. The van der Waals surface area contributed by atoms with Crippen molar-refractivity contribution in [1.29, 1.82) is 0 Å². The highest BCUT2D eigenvalue weighted by atomic mass is 32.2. The van der Waals surface area contributed by atoms with Crippen molar-refractivity contribution in [2.24, 2.45) is 5.41 Å². The summed E-state index contributed by atoms with van der Waals surface area (Å²) < 4.78 is 69.3. The van der Waals surface area contributed by atoms with Crippen molar-refractivity contribution in [3.8, 4) is 5.69 Å². The number of rotatable bonds is 9. The summed E-state index contributed by atoms with van der Waals surface area (Å²) in [5.41, 5.74) is 3.14. The number of fused-ring (bicyclic) bond motifs is 2. The second-order valence-electron chi connectivity index (χ2n) is 10.9. The molecule has 4 heterocycles. The van der Waals surface area contributed by atoms with Crippen molar-refractivity contribution in [3.63, 3.8) is 0 Å². The zero-order chi connectivity index (χ0) is 28.6. The fourth-order valence-corrected chi connectivity index (χ4v) is 7.49. The standard InChI is InChI=1S/C29H33F2N5O4S/c1-39-12-13-40-20-29-15-21-16-33-36(25-4-2-23(30)3-5-25)27(21)14-22(29)8-11-35(19-29)41(37,38)26-6-7-28(32-17-26)34-10-9-24(31)18-34/h2-7,14,16-17,24H,8-13,15,18-20H2,1H3. The van der Waals surface area contributed by atoms with Gasteiger partial charge in [0, 0.05) is 38.4 Å². The molecule has 3 aliphatic rings. The summed E-state index contributed by atoms with van der Waals surface area (Å²) in [6.07, 6.45) is 5.88. The van der Waals surface area contributed by atoms with Gasteiger partial charge in [-0.15, -0.1) is 0 Å². The molecule has 0 bridgehead atoms. The molecule has 0 radical (unpaired) electrons. The molecule has 9 nitrogen and oxygen atoms in total. The molecule has 6 rings (SSSR count). The van der Waals surface area contributed by atoms with Gasteiger partial charge in [0.15, 0.2) is 0 Å². The van der Waals surface area contributed by atoms with Crippen molar-refractivity contribution in [2.75, 3.05) is 58.0 Å². The van der Waals surface area contributed by atoms with E-state index < -0.39 is 21.6 Å². The molecule has 0 spiro atoms. The molecule has 1 aliphatic carbocycles. The second kappa shape index (κ2) is 11.2. The fraction of sp³-hybridized carbons (Fsp3) is 0.448. The summed E-state index contributed by atoms with van der Waals surface area (Å²) in [6.45, 7) is 2.53. The van der Waals surface area contributed by atoms with Crippen LogP contribution in [-0.4, -0.2) is 86.8 Å². The maximum absolute atomic E-state index is 13.8. The molecule has 3 aromatic rings. The minimum absolute atomic E-state index is 0.112. The third-order valence-electron chi connectivity index (χ3n) is 8.21. The van der Waals surface area contributed by atoms with E-state index in [0.29, 0.717) is 58.0 Å². The Morgan fingerprint density at radius 1 is 1.10 bits per heavy atom. The van der Waals surface area contributed by atoms with E-state index >= 15 is 0 Å². The maximum atomic E-state index is 13.8. The van der Waals surface area contributed by atoms with Crippen LogP contribution in [0.4, 0.5) is 14.6 Å². The highest BCUT2D eigenvalue weighted by Gasteiger charge is 2.46. The molecule has 2 aliphatic heterocycles. The molecule has 0 amide bonds. The van der Waals surface area contributed by atoms with Crippen LogP contribution in [0.25, 0.3) is 11.8 Å². The van der Waals surface area contributed by atoms with E-state index in [0.717, 1.165) is 22.5 Å². The predicted molar refractivity (Wildman–Crippen MR) is 150 cm³/mol. The molecule has 218 valence electrons. The van der Waals surface area contributed by atoms with Gasteiger partial charge in [0.05, 0.1) is 43.9 Å². The topological polar surface area (TPSA) is 89.8 Å². The van der Waals surface area contributed by atoms with Crippen molar-refractivity contribution < 1.29 is 26.7 Å². The molecule has 0 N–H and O–H groups in total. The smallest absolute Gasteiger partial charge is 0.244 e. The maximum Gasteiger partial charge on any atom is 0.244 e. The van der Waals surface area contributed by atoms with E-state index in [-0.39, 0.29) is 23.8 Å². The minimum Gasteiger partial charge on any atom is -0.382 e. The Hall–Kier alpha value is -3.19. The molecule has 2 fully saturated rings. The van der Waals surface area contributed by atoms with Crippen LogP contribution in [0.1, 0.15) is 24.1 Å². The number of piperidine rings is 1. The largest absolute Gasteiger partial charge is 0.382 e. The number of aromatic nitrogens is 3. The third-order valence-corrected chi connectivity index (χ3v) is 10.0. The van der Waals surface area contributed by atoms with Gasteiger partial charge in [-0.1, -0.05) is 5.57 Å². The Labute approximate surface area is 238 Å². The van der Waals surface area contributed by atoms with Gasteiger partial charge in [-0.05, 0) is 67.3 Å². The van der Waals surface area contributed by atoms with Crippen LogP contribution >= 0.6 is 0 Å². The number of sulfonamides is 1. The van der Waals surface area contributed by atoms with Gasteiger partial charge in [-0.25, -0.2) is 26.9 Å².